The third-order valence-electron chi connectivity index (χ3n) is 5.04. The number of hydrogen-bond acceptors (Lipinski definition) is 4. The Morgan fingerprint density at radius 1 is 0.800 bits per heavy atom. The molecule has 0 fully saturated rings. The minimum absolute atomic E-state index is 0.121. The first-order valence-electron chi connectivity index (χ1n) is 9.68. The Labute approximate surface area is 176 Å². The van der Waals surface area contributed by atoms with Crippen LogP contribution in [0.3, 0.4) is 0 Å². The second-order valence-electron chi connectivity index (χ2n) is 6.88. The second kappa shape index (κ2) is 8.84. The van der Waals surface area contributed by atoms with Crippen molar-refractivity contribution in [1.29, 1.82) is 0 Å². The fourth-order valence-electron chi connectivity index (χ4n) is 3.46. The van der Waals surface area contributed by atoms with Crippen molar-refractivity contribution in [2.45, 2.75) is 12.8 Å². The summed E-state index contributed by atoms with van der Waals surface area (Å²) in [5.74, 6) is 1.37. The fraction of sp³-hybridized carbons (Fsp3) is 0.160. The lowest BCUT2D eigenvalue weighted by Crippen LogP contribution is -2.37. The van der Waals surface area contributed by atoms with Gasteiger partial charge in [-0.2, -0.15) is 0 Å². The summed E-state index contributed by atoms with van der Waals surface area (Å²) in [6.07, 6.45) is 1.10. The van der Waals surface area contributed by atoms with E-state index in [0.717, 1.165) is 33.9 Å². The minimum atomic E-state index is -0.542. The highest BCUT2D eigenvalue weighted by Gasteiger charge is 2.35. The lowest BCUT2D eigenvalue weighted by atomic mass is 10.1. The normalized spacial score (nSPS) is 15.8. The maximum Gasteiger partial charge on any atom is 0.253 e. The first-order valence-corrected chi connectivity index (χ1v) is 9.68. The number of nitrogens with zero attached hydrogens (tertiary/aromatic N) is 1. The van der Waals surface area contributed by atoms with Gasteiger partial charge in [0.25, 0.3) is 5.91 Å². The minimum Gasteiger partial charge on any atom is -0.497 e. The summed E-state index contributed by atoms with van der Waals surface area (Å²) in [5.41, 5.74) is 3.52. The van der Waals surface area contributed by atoms with Crippen LogP contribution in [0.5, 0.6) is 11.5 Å². The SMILES string of the molecule is COc1ccc(C2=CC(=O)N(c3ccc(OC)cc3)C2OCc2ccccc2)cc1. The number of ether oxygens (including phenoxy) is 3. The highest BCUT2D eigenvalue weighted by atomic mass is 16.5. The molecule has 30 heavy (non-hydrogen) atoms. The third-order valence-corrected chi connectivity index (χ3v) is 5.04. The van der Waals surface area contributed by atoms with E-state index >= 15 is 0 Å². The molecular formula is C25H23NO4. The summed E-state index contributed by atoms with van der Waals surface area (Å²) in [6.45, 7) is 0.388. The summed E-state index contributed by atoms with van der Waals surface area (Å²) in [6, 6.07) is 25.0. The van der Waals surface area contributed by atoms with Gasteiger partial charge in [-0.1, -0.05) is 42.5 Å². The van der Waals surface area contributed by atoms with Crippen LogP contribution in [0, 0.1) is 0 Å². The zero-order chi connectivity index (χ0) is 20.9. The standard InChI is InChI=1S/C25H23NO4/c1-28-21-12-8-19(9-13-21)23-16-24(27)26(20-10-14-22(29-2)15-11-20)25(23)30-17-18-6-4-3-5-7-18/h3-16,25H,17H2,1-2H3. The lowest BCUT2D eigenvalue weighted by Gasteiger charge is -2.28. The van der Waals surface area contributed by atoms with Crippen LogP contribution < -0.4 is 14.4 Å². The number of rotatable bonds is 7. The van der Waals surface area contributed by atoms with E-state index in [9.17, 15) is 4.79 Å². The molecule has 4 rings (SSSR count). The van der Waals surface area contributed by atoms with Crippen LogP contribution in [-0.2, 0) is 16.1 Å². The number of benzene rings is 3. The van der Waals surface area contributed by atoms with Crippen molar-refractivity contribution < 1.29 is 19.0 Å². The van der Waals surface area contributed by atoms with Crippen LogP contribution in [0.4, 0.5) is 5.69 Å². The van der Waals surface area contributed by atoms with E-state index in [0.29, 0.717) is 6.61 Å². The molecule has 3 aromatic carbocycles. The van der Waals surface area contributed by atoms with Crippen molar-refractivity contribution in [2.75, 3.05) is 19.1 Å². The molecule has 5 nitrogen and oxygen atoms in total. The Hall–Kier alpha value is -3.57. The Kier molecular flexibility index (Phi) is 5.82. The molecule has 1 atom stereocenters. The van der Waals surface area contributed by atoms with Gasteiger partial charge in [0.05, 0.1) is 20.8 Å². The quantitative estimate of drug-likeness (QED) is 0.577. The van der Waals surface area contributed by atoms with Crippen LogP contribution in [-0.4, -0.2) is 26.4 Å². The molecule has 1 aliphatic heterocycles. The molecule has 152 valence electrons. The number of amides is 1. The summed E-state index contributed by atoms with van der Waals surface area (Å²) < 4.78 is 16.8. The molecule has 0 N–H and O–H groups in total. The van der Waals surface area contributed by atoms with Gasteiger partial charge in [0, 0.05) is 17.3 Å². The maximum absolute atomic E-state index is 13.0. The van der Waals surface area contributed by atoms with Crippen molar-refractivity contribution in [3.05, 3.63) is 96.1 Å². The number of anilines is 1. The van der Waals surface area contributed by atoms with E-state index in [-0.39, 0.29) is 5.91 Å². The first kappa shape index (κ1) is 19.7. The largest absolute Gasteiger partial charge is 0.497 e. The molecule has 0 saturated heterocycles. The summed E-state index contributed by atoms with van der Waals surface area (Å²) in [5, 5.41) is 0. The van der Waals surface area contributed by atoms with E-state index in [1.165, 1.54) is 0 Å². The number of methoxy groups -OCH3 is 2. The molecule has 1 unspecified atom stereocenters. The van der Waals surface area contributed by atoms with Crippen LogP contribution in [0.25, 0.3) is 5.57 Å². The summed E-state index contributed by atoms with van der Waals surface area (Å²) >= 11 is 0. The zero-order valence-corrected chi connectivity index (χ0v) is 16.9. The number of carbonyl (C=O) groups excluding carboxylic acids is 1. The first-order chi connectivity index (χ1) is 14.7. The predicted octanol–water partition coefficient (Wildman–Crippen LogP) is 4.68. The van der Waals surface area contributed by atoms with Crippen molar-refractivity contribution in [2.24, 2.45) is 0 Å². The number of carbonyl (C=O) groups is 1. The van der Waals surface area contributed by atoms with Gasteiger partial charge in [-0.25, -0.2) is 0 Å². The molecule has 0 aliphatic carbocycles. The van der Waals surface area contributed by atoms with E-state index in [1.54, 1.807) is 25.2 Å². The Bertz CT molecular complexity index is 1030. The van der Waals surface area contributed by atoms with Gasteiger partial charge in [-0.15, -0.1) is 0 Å². The summed E-state index contributed by atoms with van der Waals surface area (Å²) in [7, 11) is 3.25. The van der Waals surface area contributed by atoms with E-state index in [2.05, 4.69) is 0 Å². The molecule has 1 heterocycles. The van der Waals surface area contributed by atoms with Crippen LogP contribution in [0.1, 0.15) is 11.1 Å². The van der Waals surface area contributed by atoms with Gasteiger partial charge >= 0.3 is 0 Å². The van der Waals surface area contributed by atoms with Gasteiger partial charge < -0.3 is 14.2 Å². The van der Waals surface area contributed by atoms with Crippen molar-refractivity contribution in [1.82, 2.24) is 0 Å². The molecule has 0 saturated carbocycles. The van der Waals surface area contributed by atoms with E-state index in [4.69, 9.17) is 14.2 Å². The highest BCUT2D eigenvalue weighted by Crippen LogP contribution is 2.35. The van der Waals surface area contributed by atoms with Gasteiger partial charge in [-0.05, 0) is 47.5 Å². The van der Waals surface area contributed by atoms with E-state index < -0.39 is 6.23 Å². The van der Waals surface area contributed by atoms with Gasteiger partial charge in [-0.3, -0.25) is 9.69 Å². The summed E-state index contributed by atoms with van der Waals surface area (Å²) in [4.78, 5) is 14.6. The molecule has 0 radical (unpaired) electrons. The van der Waals surface area contributed by atoms with Crippen LogP contribution in [0.2, 0.25) is 0 Å². The fourth-order valence-corrected chi connectivity index (χ4v) is 3.46. The topological polar surface area (TPSA) is 48.0 Å². The molecule has 1 aliphatic rings. The molecule has 3 aromatic rings. The molecule has 1 amide bonds. The van der Waals surface area contributed by atoms with Crippen molar-refractivity contribution in [3.8, 4) is 11.5 Å². The average Bonchev–Trinajstić information content (AvgIpc) is 3.14. The monoisotopic (exact) mass is 401 g/mol. The van der Waals surface area contributed by atoms with Crippen molar-refractivity contribution in [3.63, 3.8) is 0 Å². The molecule has 0 bridgehead atoms. The van der Waals surface area contributed by atoms with Gasteiger partial charge in [0.2, 0.25) is 0 Å². The van der Waals surface area contributed by atoms with Crippen LogP contribution >= 0.6 is 0 Å². The molecule has 5 heteroatoms. The molecule has 0 spiro atoms. The number of hydrogen-bond donors (Lipinski definition) is 0. The third kappa shape index (κ3) is 4.07. The van der Waals surface area contributed by atoms with E-state index in [1.807, 2.05) is 78.9 Å². The van der Waals surface area contributed by atoms with Gasteiger partial charge in [0.1, 0.15) is 11.5 Å². The highest BCUT2D eigenvalue weighted by molar-refractivity contribution is 6.12. The van der Waals surface area contributed by atoms with Crippen molar-refractivity contribution >= 4 is 17.2 Å². The predicted molar refractivity (Wildman–Crippen MR) is 116 cm³/mol. The molecular weight excluding hydrogens is 378 g/mol. The van der Waals surface area contributed by atoms with Gasteiger partial charge in [0.15, 0.2) is 6.23 Å². The average molecular weight is 401 g/mol. The Morgan fingerprint density at radius 3 is 2.00 bits per heavy atom. The van der Waals surface area contributed by atoms with Crippen LogP contribution in [0.15, 0.2) is 84.9 Å². The Morgan fingerprint density at radius 2 is 1.40 bits per heavy atom. The zero-order valence-electron chi connectivity index (χ0n) is 16.9. The smallest absolute Gasteiger partial charge is 0.253 e. The second-order valence-corrected chi connectivity index (χ2v) is 6.88. The Balaban J connectivity index is 1.66. The molecule has 0 aromatic heterocycles. The lowest BCUT2D eigenvalue weighted by molar-refractivity contribution is -0.115. The maximum atomic E-state index is 13.0.